The lowest BCUT2D eigenvalue weighted by Crippen LogP contribution is -2.47. The third-order valence-corrected chi connectivity index (χ3v) is 10.9. The molecule has 0 radical (unpaired) electrons. The first-order chi connectivity index (χ1) is 21.4. The summed E-state index contributed by atoms with van der Waals surface area (Å²) in [5.41, 5.74) is 7.23. The normalized spacial score (nSPS) is 20.3. The van der Waals surface area contributed by atoms with Crippen molar-refractivity contribution in [2.75, 3.05) is 18.0 Å². The Bertz CT molecular complexity index is 1700. The van der Waals surface area contributed by atoms with E-state index in [9.17, 15) is 9.90 Å². The van der Waals surface area contributed by atoms with E-state index in [1.54, 1.807) is 6.07 Å². The van der Waals surface area contributed by atoms with E-state index >= 15 is 0 Å². The molecule has 7 nitrogen and oxygen atoms in total. The molecule has 0 bridgehead atoms. The summed E-state index contributed by atoms with van der Waals surface area (Å²) in [6.45, 7) is 4.24. The molecule has 0 atom stereocenters. The largest absolute Gasteiger partial charge is 0.490 e. The summed E-state index contributed by atoms with van der Waals surface area (Å²) in [6.07, 6.45) is 13.0. The highest BCUT2D eigenvalue weighted by Crippen LogP contribution is 2.55. The van der Waals surface area contributed by atoms with Gasteiger partial charge in [0.15, 0.2) is 5.69 Å². The zero-order chi connectivity index (χ0) is 29.8. The number of carboxylic acid groups (broad SMARTS) is 1. The van der Waals surface area contributed by atoms with Crippen LogP contribution in [0, 0.1) is 18.3 Å². The third kappa shape index (κ3) is 5.14. The zero-order valence-corrected chi connectivity index (χ0v) is 25.6. The van der Waals surface area contributed by atoms with Crippen LogP contribution >= 0.6 is 0 Å². The molecule has 4 aliphatic rings. The maximum Gasteiger partial charge on any atom is 0.354 e. The lowest BCUT2D eigenvalue weighted by atomic mass is 9.56. The van der Waals surface area contributed by atoms with Crippen molar-refractivity contribution < 1.29 is 19.2 Å². The number of piperidine rings is 1. The molecule has 2 aromatic carbocycles. The van der Waals surface area contributed by atoms with Gasteiger partial charge in [0.25, 0.3) is 0 Å². The van der Waals surface area contributed by atoms with Crippen LogP contribution in [-0.4, -0.2) is 40.4 Å². The van der Waals surface area contributed by atoms with Crippen molar-refractivity contribution in [3.63, 3.8) is 0 Å². The molecule has 44 heavy (non-hydrogen) atoms. The number of fused-ring (bicyclic) bond motifs is 1. The molecule has 3 saturated carbocycles. The minimum Gasteiger partial charge on any atom is -0.490 e. The van der Waals surface area contributed by atoms with E-state index in [2.05, 4.69) is 58.4 Å². The molecule has 0 amide bonds. The second-order valence-electron chi connectivity index (χ2n) is 14.0. The van der Waals surface area contributed by atoms with Crippen LogP contribution in [-0.2, 0) is 6.42 Å². The van der Waals surface area contributed by atoms with E-state index in [4.69, 9.17) is 9.26 Å². The van der Waals surface area contributed by atoms with Crippen LogP contribution in [0.15, 0.2) is 53.1 Å². The number of carbonyl (C=O) groups is 1. The smallest absolute Gasteiger partial charge is 0.354 e. The monoisotopic (exact) mass is 591 g/mol. The molecule has 1 aliphatic heterocycles. The van der Waals surface area contributed by atoms with Gasteiger partial charge in [0, 0.05) is 47.3 Å². The Morgan fingerprint density at radius 1 is 1.05 bits per heavy atom. The predicted molar refractivity (Wildman–Crippen MR) is 171 cm³/mol. The zero-order valence-electron chi connectivity index (χ0n) is 25.6. The standard InChI is InChI=1S/C37H41N3O4/c1-23-6-2-5-9-28(23)34-30(35(44-39-34)25-10-11-25)18-24-21-37(22-24)14-16-40(17-15-37)26-12-13-31-29(19-26)33(20-32(38-31)36(41)42)43-27-7-3-4-8-27/h2,5-6,9,12-13,19-20,24-25,27H,3-4,7-8,10-11,14-18,21-22H2,1H3,(H,41,42). The number of aromatic carboxylic acids is 1. The molecule has 1 saturated heterocycles. The van der Waals surface area contributed by atoms with Crippen molar-refractivity contribution in [3.8, 4) is 17.0 Å². The minimum absolute atomic E-state index is 0.0409. The molecule has 7 heteroatoms. The van der Waals surface area contributed by atoms with Crippen molar-refractivity contribution >= 4 is 22.6 Å². The van der Waals surface area contributed by atoms with Crippen LogP contribution in [0.5, 0.6) is 5.75 Å². The summed E-state index contributed by atoms with van der Waals surface area (Å²) in [5.74, 6) is 2.03. The molecule has 0 unspecified atom stereocenters. The fourth-order valence-electron chi connectivity index (χ4n) is 8.25. The molecule has 4 fully saturated rings. The lowest BCUT2D eigenvalue weighted by Gasteiger charge is -2.53. The Balaban J connectivity index is 0.958. The van der Waals surface area contributed by atoms with Crippen molar-refractivity contribution in [1.82, 2.24) is 10.1 Å². The Kier molecular flexibility index (Phi) is 6.87. The number of anilines is 1. The number of carboxylic acids is 1. The summed E-state index contributed by atoms with van der Waals surface area (Å²) in [7, 11) is 0. The van der Waals surface area contributed by atoms with Gasteiger partial charge in [-0.25, -0.2) is 9.78 Å². The highest BCUT2D eigenvalue weighted by atomic mass is 16.5. The van der Waals surface area contributed by atoms with Gasteiger partial charge < -0.3 is 19.3 Å². The number of rotatable bonds is 8. The first-order valence-electron chi connectivity index (χ1n) is 16.6. The summed E-state index contributed by atoms with van der Waals surface area (Å²) < 4.78 is 12.4. The summed E-state index contributed by atoms with van der Waals surface area (Å²) in [4.78, 5) is 18.7. The topological polar surface area (TPSA) is 88.7 Å². The molecular weight excluding hydrogens is 550 g/mol. The molecule has 3 aliphatic carbocycles. The number of aromatic nitrogens is 2. The van der Waals surface area contributed by atoms with Crippen molar-refractivity contribution in [2.24, 2.45) is 11.3 Å². The summed E-state index contributed by atoms with van der Waals surface area (Å²) in [6, 6.07) is 16.4. The van der Waals surface area contributed by atoms with E-state index in [1.807, 2.05) is 6.07 Å². The summed E-state index contributed by atoms with van der Waals surface area (Å²) in [5, 5.41) is 15.2. The number of ether oxygens (including phenoxy) is 1. The van der Waals surface area contributed by atoms with Crippen molar-refractivity contribution in [1.29, 1.82) is 0 Å². The van der Waals surface area contributed by atoms with Gasteiger partial charge in [0.2, 0.25) is 0 Å². The van der Waals surface area contributed by atoms with Gasteiger partial charge >= 0.3 is 5.97 Å². The van der Waals surface area contributed by atoms with Gasteiger partial charge in [0.05, 0.1) is 11.6 Å². The van der Waals surface area contributed by atoms with Crippen molar-refractivity contribution in [2.45, 2.75) is 89.6 Å². The van der Waals surface area contributed by atoms with Crippen LogP contribution in [0.1, 0.15) is 97.5 Å². The Morgan fingerprint density at radius 3 is 2.55 bits per heavy atom. The quantitative estimate of drug-likeness (QED) is 0.220. The van der Waals surface area contributed by atoms with Crippen molar-refractivity contribution in [3.05, 3.63) is 71.1 Å². The van der Waals surface area contributed by atoms with Crippen LogP contribution < -0.4 is 9.64 Å². The Hall–Kier alpha value is -3.87. The van der Waals surface area contributed by atoms with Gasteiger partial charge in [-0.2, -0.15) is 0 Å². The number of aryl methyl sites for hydroxylation is 1. The van der Waals surface area contributed by atoms with E-state index in [1.165, 1.54) is 60.9 Å². The van der Waals surface area contributed by atoms with Gasteiger partial charge in [-0.15, -0.1) is 0 Å². The summed E-state index contributed by atoms with van der Waals surface area (Å²) >= 11 is 0. The maximum absolute atomic E-state index is 11.8. The highest BCUT2D eigenvalue weighted by molar-refractivity contribution is 5.94. The Morgan fingerprint density at radius 2 is 1.82 bits per heavy atom. The van der Waals surface area contributed by atoms with Gasteiger partial charge in [0.1, 0.15) is 17.2 Å². The molecule has 2 aromatic heterocycles. The van der Waals surface area contributed by atoms with E-state index in [-0.39, 0.29) is 11.8 Å². The Labute approximate surface area is 258 Å². The first kappa shape index (κ1) is 27.7. The van der Waals surface area contributed by atoms with Gasteiger partial charge in [-0.1, -0.05) is 29.4 Å². The third-order valence-electron chi connectivity index (χ3n) is 10.9. The van der Waals surface area contributed by atoms with E-state index in [0.29, 0.717) is 28.5 Å². The molecule has 1 spiro atoms. The van der Waals surface area contributed by atoms with Crippen LogP contribution in [0.4, 0.5) is 5.69 Å². The number of pyridine rings is 1. The highest BCUT2D eigenvalue weighted by Gasteiger charge is 2.46. The van der Waals surface area contributed by atoms with Crippen LogP contribution in [0.2, 0.25) is 0 Å². The van der Waals surface area contributed by atoms with Crippen LogP contribution in [0.3, 0.4) is 0 Å². The number of hydrogen-bond donors (Lipinski definition) is 1. The average molecular weight is 592 g/mol. The molecule has 1 N–H and O–H groups in total. The average Bonchev–Trinajstić information content (AvgIpc) is 3.57. The predicted octanol–water partition coefficient (Wildman–Crippen LogP) is 8.33. The fraction of sp³-hybridized carbons (Fsp3) is 0.486. The van der Waals surface area contributed by atoms with Gasteiger partial charge in [-0.3, -0.25) is 0 Å². The SMILES string of the molecule is Cc1ccccc1-c1noc(C2CC2)c1CC1CC2(CCN(c3ccc4nc(C(=O)O)cc(OC5CCCC5)c4c3)CC2)C1. The number of nitrogens with zero attached hydrogens (tertiary/aromatic N) is 3. The van der Waals surface area contributed by atoms with Crippen LogP contribution in [0.25, 0.3) is 22.2 Å². The molecule has 228 valence electrons. The maximum atomic E-state index is 11.8. The second kappa shape index (κ2) is 10.9. The second-order valence-corrected chi connectivity index (χ2v) is 14.0. The molecular formula is C37H41N3O4. The van der Waals surface area contributed by atoms with E-state index in [0.717, 1.165) is 62.0 Å². The molecule has 8 rings (SSSR count). The fourth-order valence-corrected chi connectivity index (χ4v) is 8.25. The van der Waals surface area contributed by atoms with E-state index < -0.39 is 5.97 Å². The minimum atomic E-state index is -1.02. The number of hydrogen-bond acceptors (Lipinski definition) is 6. The molecule has 4 aromatic rings. The first-order valence-corrected chi connectivity index (χ1v) is 16.6. The lowest BCUT2D eigenvalue weighted by molar-refractivity contribution is 0.0282. The number of benzene rings is 2. The van der Waals surface area contributed by atoms with Gasteiger partial charge in [-0.05, 0) is 113 Å². The molecule has 3 heterocycles.